The van der Waals surface area contributed by atoms with Gasteiger partial charge >= 0.3 is 5.51 Å². The van der Waals surface area contributed by atoms with Crippen molar-refractivity contribution in [3.05, 3.63) is 29.6 Å². The highest BCUT2D eigenvalue weighted by Crippen LogP contribution is 2.40. The number of rotatable bonds is 4. The third-order valence-electron chi connectivity index (χ3n) is 2.07. The summed E-state index contributed by atoms with van der Waals surface area (Å²) in [7, 11) is 0. The standard InChI is InChI=1S/C11H12F4S/c1-2-3-5-8-6-4-7-9(12)10(8)16-11(13,14)15/h4,6-7H,2-3,5H2,1H3. The van der Waals surface area contributed by atoms with Crippen molar-refractivity contribution < 1.29 is 17.6 Å². The fraction of sp³-hybridized carbons (Fsp3) is 0.455. The molecule has 16 heavy (non-hydrogen) atoms. The van der Waals surface area contributed by atoms with Gasteiger partial charge < -0.3 is 0 Å². The Morgan fingerprint density at radius 3 is 2.50 bits per heavy atom. The summed E-state index contributed by atoms with van der Waals surface area (Å²) < 4.78 is 49.9. The molecule has 0 aliphatic heterocycles. The summed E-state index contributed by atoms with van der Waals surface area (Å²) in [4.78, 5) is -0.288. The van der Waals surface area contributed by atoms with E-state index in [9.17, 15) is 17.6 Å². The van der Waals surface area contributed by atoms with Gasteiger partial charge in [0, 0.05) is 0 Å². The molecular formula is C11H12F4S. The van der Waals surface area contributed by atoms with Crippen molar-refractivity contribution in [2.75, 3.05) is 0 Å². The van der Waals surface area contributed by atoms with Gasteiger partial charge in [0.25, 0.3) is 0 Å². The van der Waals surface area contributed by atoms with Crippen molar-refractivity contribution >= 4 is 11.8 Å². The quantitative estimate of drug-likeness (QED) is 0.549. The summed E-state index contributed by atoms with van der Waals surface area (Å²) in [5.74, 6) is -0.795. The van der Waals surface area contributed by atoms with Gasteiger partial charge in [-0.3, -0.25) is 0 Å². The SMILES string of the molecule is CCCCc1cccc(F)c1SC(F)(F)F. The zero-order valence-corrected chi connectivity index (χ0v) is 9.59. The molecule has 0 aliphatic carbocycles. The van der Waals surface area contributed by atoms with Gasteiger partial charge in [-0.05, 0) is 36.2 Å². The molecule has 90 valence electrons. The predicted molar refractivity (Wildman–Crippen MR) is 56.9 cm³/mol. The largest absolute Gasteiger partial charge is 0.446 e. The summed E-state index contributed by atoms with van der Waals surface area (Å²) in [5, 5.41) is 0. The van der Waals surface area contributed by atoms with Crippen LogP contribution in [0.15, 0.2) is 23.1 Å². The third kappa shape index (κ3) is 4.04. The summed E-state index contributed by atoms with van der Waals surface area (Å²) in [6.45, 7) is 1.94. The number of hydrogen-bond donors (Lipinski definition) is 0. The van der Waals surface area contributed by atoms with Gasteiger partial charge in [0.2, 0.25) is 0 Å². The molecule has 0 aliphatic rings. The van der Waals surface area contributed by atoms with Gasteiger partial charge in [0.15, 0.2) is 0 Å². The Morgan fingerprint density at radius 2 is 1.94 bits per heavy atom. The third-order valence-corrected chi connectivity index (χ3v) is 2.96. The number of halogens is 4. The molecule has 5 heteroatoms. The van der Waals surface area contributed by atoms with E-state index in [0.717, 1.165) is 18.9 Å². The molecule has 0 amide bonds. The van der Waals surface area contributed by atoms with E-state index in [0.29, 0.717) is 12.0 Å². The monoisotopic (exact) mass is 252 g/mol. The zero-order valence-electron chi connectivity index (χ0n) is 8.77. The minimum absolute atomic E-state index is 0.288. The number of aryl methyl sites for hydroxylation is 1. The van der Waals surface area contributed by atoms with E-state index in [1.165, 1.54) is 6.07 Å². The van der Waals surface area contributed by atoms with Crippen LogP contribution < -0.4 is 0 Å². The number of alkyl halides is 3. The van der Waals surface area contributed by atoms with Crippen molar-refractivity contribution in [2.24, 2.45) is 0 Å². The number of unbranched alkanes of at least 4 members (excludes halogenated alkanes) is 1. The molecule has 0 heterocycles. The van der Waals surface area contributed by atoms with Crippen LogP contribution >= 0.6 is 11.8 Å². The molecule has 1 aromatic carbocycles. The highest BCUT2D eigenvalue weighted by molar-refractivity contribution is 8.00. The Hall–Kier alpha value is -0.710. The highest BCUT2D eigenvalue weighted by Gasteiger charge is 2.31. The second-order valence-corrected chi connectivity index (χ2v) is 4.45. The first-order chi connectivity index (χ1) is 7.44. The van der Waals surface area contributed by atoms with Crippen molar-refractivity contribution in [1.29, 1.82) is 0 Å². The molecule has 0 saturated heterocycles. The van der Waals surface area contributed by atoms with E-state index in [1.807, 2.05) is 6.92 Å². The van der Waals surface area contributed by atoms with E-state index >= 15 is 0 Å². The molecule has 1 rings (SSSR count). The van der Waals surface area contributed by atoms with Crippen LogP contribution in [0.25, 0.3) is 0 Å². The number of hydrogen-bond acceptors (Lipinski definition) is 1. The molecule has 0 atom stereocenters. The Balaban J connectivity index is 2.94. The van der Waals surface area contributed by atoms with E-state index in [1.54, 1.807) is 6.07 Å². The van der Waals surface area contributed by atoms with Crippen LogP contribution in [0.4, 0.5) is 17.6 Å². The average molecular weight is 252 g/mol. The second kappa shape index (κ2) is 5.57. The molecule has 0 fully saturated rings. The smallest absolute Gasteiger partial charge is 0.206 e. The van der Waals surface area contributed by atoms with Crippen LogP contribution in [0.2, 0.25) is 0 Å². The Morgan fingerprint density at radius 1 is 1.25 bits per heavy atom. The van der Waals surface area contributed by atoms with Gasteiger partial charge in [-0.2, -0.15) is 13.2 Å². The first-order valence-corrected chi connectivity index (χ1v) is 5.79. The van der Waals surface area contributed by atoms with Crippen molar-refractivity contribution in [3.63, 3.8) is 0 Å². The molecule has 0 spiro atoms. The Labute approximate surface area is 96.0 Å². The fourth-order valence-corrected chi connectivity index (χ4v) is 2.05. The maximum Gasteiger partial charge on any atom is 0.446 e. The van der Waals surface area contributed by atoms with Crippen LogP contribution in [-0.4, -0.2) is 5.51 Å². The number of thioether (sulfide) groups is 1. The van der Waals surface area contributed by atoms with Crippen LogP contribution in [0, 0.1) is 5.82 Å². The second-order valence-electron chi connectivity index (χ2n) is 3.38. The topological polar surface area (TPSA) is 0 Å². The van der Waals surface area contributed by atoms with Crippen LogP contribution in [0.1, 0.15) is 25.3 Å². The first-order valence-electron chi connectivity index (χ1n) is 4.97. The lowest BCUT2D eigenvalue weighted by Crippen LogP contribution is -2.03. The first kappa shape index (κ1) is 13.4. The summed E-state index contributed by atoms with van der Waals surface area (Å²) >= 11 is -0.371. The molecule has 0 aromatic heterocycles. The molecular weight excluding hydrogens is 240 g/mol. The Bertz CT molecular complexity index is 346. The summed E-state index contributed by atoms with van der Waals surface area (Å²) in [6.07, 6.45) is 2.11. The van der Waals surface area contributed by atoms with E-state index < -0.39 is 11.3 Å². The van der Waals surface area contributed by atoms with Crippen LogP contribution in [0.3, 0.4) is 0 Å². The van der Waals surface area contributed by atoms with Gasteiger partial charge in [0.05, 0.1) is 4.90 Å². The number of benzene rings is 1. The lowest BCUT2D eigenvalue weighted by atomic mass is 10.1. The molecule has 0 unspecified atom stereocenters. The molecule has 1 aromatic rings. The lowest BCUT2D eigenvalue weighted by molar-refractivity contribution is -0.0329. The maximum absolute atomic E-state index is 13.3. The molecule has 0 N–H and O–H groups in total. The molecule has 0 nitrogen and oxygen atoms in total. The van der Waals surface area contributed by atoms with Crippen molar-refractivity contribution in [1.82, 2.24) is 0 Å². The van der Waals surface area contributed by atoms with Gasteiger partial charge in [-0.1, -0.05) is 25.5 Å². The zero-order chi connectivity index (χ0) is 12.2. The molecule has 0 radical (unpaired) electrons. The van der Waals surface area contributed by atoms with Crippen LogP contribution in [-0.2, 0) is 6.42 Å². The minimum Gasteiger partial charge on any atom is -0.206 e. The highest BCUT2D eigenvalue weighted by atomic mass is 32.2. The lowest BCUT2D eigenvalue weighted by Gasteiger charge is -2.11. The minimum atomic E-state index is -4.44. The van der Waals surface area contributed by atoms with Crippen molar-refractivity contribution in [2.45, 2.75) is 36.6 Å². The molecule has 0 bridgehead atoms. The maximum atomic E-state index is 13.3. The Kier molecular flexibility index (Phi) is 4.65. The predicted octanol–water partition coefficient (Wildman–Crippen LogP) is 4.78. The van der Waals surface area contributed by atoms with Gasteiger partial charge in [0.1, 0.15) is 5.82 Å². The summed E-state index contributed by atoms with van der Waals surface area (Å²) in [6, 6.07) is 4.05. The molecule has 0 saturated carbocycles. The van der Waals surface area contributed by atoms with E-state index in [-0.39, 0.29) is 16.7 Å². The fourth-order valence-electron chi connectivity index (χ4n) is 1.35. The van der Waals surface area contributed by atoms with E-state index in [2.05, 4.69) is 0 Å². The average Bonchev–Trinajstić information content (AvgIpc) is 2.17. The summed E-state index contributed by atoms with van der Waals surface area (Å²) in [5.41, 5.74) is -4.01. The van der Waals surface area contributed by atoms with Crippen molar-refractivity contribution in [3.8, 4) is 0 Å². The van der Waals surface area contributed by atoms with E-state index in [4.69, 9.17) is 0 Å². The van der Waals surface area contributed by atoms with Gasteiger partial charge in [-0.15, -0.1) is 0 Å². The normalized spacial score (nSPS) is 11.8. The van der Waals surface area contributed by atoms with Gasteiger partial charge in [-0.25, -0.2) is 4.39 Å². The van der Waals surface area contributed by atoms with Crippen LogP contribution in [0.5, 0.6) is 0 Å².